The lowest BCUT2D eigenvalue weighted by molar-refractivity contribution is 0.0736. The van der Waals surface area contributed by atoms with Gasteiger partial charge in [0.15, 0.2) is 5.75 Å². The molecule has 0 aliphatic carbocycles. The van der Waals surface area contributed by atoms with Crippen LogP contribution in [0.1, 0.15) is 12.5 Å². The summed E-state index contributed by atoms with van der Waals surface area (Å²) in [6, 6.07) is 8.15. The van der Waals surface area contributed by atoms with Crippen LogP contribution in [0, 0.1) is 0 Å². The van der Waals surface area contributed by atoms with Gasteiger partial charge in [0.2, 0.25) is 0 Å². The van der Waals surface area contributed by atoms with Gasteiger partial charge in [0.05, 0.1) is 18.7 Å². The molecule has 0 saturated carbocycles. The summed E-state index contributed by atoms with van der Waals surface area (Å²) in [5.41, 5.74) is 2.10. The molecular formula is C18H21N3O3. The van der Waals surface area contributed by atoms with Gasteiger partial charge in [0.25, 0.3) is 0 Å². The maximum atomic E-state index is 10.3. The fraction of sp³-hybridized carbons (Fsp3) is 0.389. The molecule has 0 spiro atoms. The van der Waals surface area contributed by atoms with E-state index in [1.165, 1.54) is 5.56 Å². The standard InChI is InChI=1S/C18H21N3O3/c1-2-21-10-15(8-19-21)24-18-12-20(11-16(18)22)9-13-3-4-17-14(7-13)5-6-23-17/h3-8,10,16,18,22H,2,9,11-12H2,1H3/t16-,18-/m1/s1. The maximum Gasteiger partial charge on any atom is 0.157 e. The Balaban J connectivity index is 1.40. The van der Waals surface area contributed by atoms with Gasteiger partial charge in [-0.15, -0.1) is 0 Å². The Morgan fingerprint density at radius 1 is 1.33 bits per heavy atom. The van der Waals surface area contributed by atoms with Crippen molar-refractivity contribution in [3.63, 3.8) is 0 Å². The van der Waals surface area contributed by atoms with Crippen molar-refractivity contribution in [1.29, 1.82) is 0 Å². The van der Waals surface area contributed by atoms with Gasteiger partial charge < -0.3 is 14.3 Å². The molecule has 0 amide bonds. The highest BCUT2D eigenvalue weighted by Gasteiger charge is 2.33. The van der Waals surface area contributed by atoms with E-state index in [0.29, 0.717) is 18.8 Å². The molecule has 1 aliphatic rings. The van der Waals surface area contributed by atoms with Gasteiger partial charge in [-0.1, -0.05) is 6.07 Å². The number of likely N-dealkylation sites (tertiary alicyclic amines) is 1. The van der Waals surface area contributed by atoms with Crippen LogP contribution in [0.4, 0.5) is 0 Å². The summed E-state index contributed by atoms with van der Waals surface area (Å²) < 4.78 is 13.1. The maximum absolute atomic E-state index is 10.3. The number of rotatable bonds is 5. The average Bonchev–Trinajstić information content (AvgIpc) is 3.28. The first-order valence-electron chi connectivity index (χ1n) is 8.27. The highest BCUT2D eigenvalue weighted by molar-refractivity contribution is 5.77. The van der Waals surface area contributed by atoms with Crippen LogP contribution in [-0.2, 0) is 13.1 Å². The predicted molar refractivity (Wildman–Crippen MR) is 89.8 cm³/mol. The number of benzene rings is 1. The second-order valence-electron chi connectivity index (χ2n) is 6.24. The van der Waals surface area contributed by atoms with Crippen molar-refractivity contribution in [1.82, 2.24) is 14.7 Å². The van der Waals surface area contributed by atoms with Gasteiger partial charge >= 0.3 is 0 Å². The first kappa shape index (κ1) is 15.2. The molecule has 3 heterocycles. The number of furan rings is 1. The Kier molecular flexibility index (Phi) is 4.00. The Hall–Kier alpha value is -2.31. The third kappa shape index (κ3) is 3.02. The lowest BCUT2D eigenvalue weighted by Gasteiger charge is -2.16. The molecule has 1 N–H and O–H groups in total. The van der Waals surface area contributed by atoms with E-state index in [1.807, 2.05) is 29.9 Å². The molecule has 0 bridgehead atoms. The van der Waals surface area contributed by atoms with Crippen molar-refractivity contribution in [3.8, 4) is 5.75 Å². The fourth-order valence-electron chi connectivity index (χ4n) is 3.20. The zero-order valence-corrected chi connectivity index (χ0v) is 13.6. The topological polar surface area (TPSA) is 63.7 Å². The molecule has 126 valence electrons. The molecule has 2 aromatic heterocycles. The lowest BCUT2D eigenvalue weighted by atomic mass is 10.1. The smallest absolute Gasteiger partial charge is 0.157 e. The minimum atomic E-state index is -0.493. The zero-order chi connectivity index (χ0) is 16.5. The van der Waals surface area contributed by atoms with Crippen molar-refractivity contribution >= 4 is 11.0 Å². The van der Waals surface area contributed by atoms with Gasteiger partial charge in [-0.2, -0.15) is 5.10 Å². The number of aromatic nitrogens is 2. The van der Waals surface area contributed by atoms with Gasteiger partial charge in [-0.25, -0.2) is 0 Å². The van der Waals surface area contributed by atoms with Gasteiger partial charge in [-0.3, -0.25) is 9.58 Å². The Bertz CT molecular complexity index is 826. The predicted octanol–water partition coefficient (Wildman–Crippen LogP) is 2.27. The minimum Gasteiger partial charge on any atom is -0.483 e. The van der Waals surface area contributed by atoms with Crippen LogP contribution in [-0.4, -0.2) is 45.1 Å². The highest BCUT2D eigenvalue weighted by atomic mass is 16.5. The minimum absolute atomic E-state index is 0.225. The van der Waals surface area contributed by atoms with Crippen molar-refractivity contribution in [3.05, 3.63) is 48.5 Å². The van der Waals surface area contributed by atoms with Gasteiger partial charge in [0.1, 0.15) is 17.8 Å². The van der Waals surface area contributed by atoms with E-state index >= 15 is 0 Å². The number of fused-ring (bicyclic) bond motifs is 1. The number of hydrogen-bond donors (Lipinski definition) is 1. The molecule has 2 atom stereocenters. The number of aryl methyl sites for hydroxylation is 1. The van der Waals surface area contributed by atoms with Crippen LogP contribution < -0.4 is 4.74 Å². The SMILES string of the molecule is CCn1cc(O[C@@H]2CN(Cc3ccc4occc4c3)C[C@H]2O)cn1. The number of aliphatic hydroxyl groups excluding tert-OH is 1. The Morgan fingerprint density at radius 3 is 3.08 bits per heavy atom. The molecule has 24 heavy (non-hydrogen) atoms. The molecule has 0 radical (unpaired) electrons. The number of ether oxygens (including phenoxy) is 1. The van der Waals surface area contributed by atoms with Gasteiger partial charge in [0, 0.05) is 31.6 Å². The van der Waals surface area contributed by atoms with E-state index < -0.39 is 6.10 Å². The first-order chi connectivity index (χ1) is 11.7. The number of hydrogen-bond acceptors (Lipinski definition) is 5. The third-order valence-electron chi connectivity index (χ3n) is 4.46. The summed E-state index contributed by atoms with van der Waals surface area (Å²) in [5, 5.41) is 15.6. The summed E-state index contributed by atoms with van der Waals surface area (Å²) in [6.45, 7) is 4.92. The van der Waals surface area contributed by atoms with Crippen molar-refractivity contribution in [2.45, 2.75) is 32.2 Å². The molecule has 1 fully saturated rings. The normalized spacial score (nSPS) is 21.6. The van der Waals surface area contributed by atoms with Crippen molar-refractivity contribution in [2.24, 2.45) is 0 Å². The molecule has 1 aliphatic heterocycles. The van der Waals surface area contributed by atoms with Gasteiger partial charge in [-0.05, 0) is 30.7 Å². The van der Waals surface area contributed by atoms with Crippen molar-refractivity contribution < 1.29 is 14.3 Å². The van der Waals surface area contributed by atoms with Crippen LogP contribution in [0.2, 0.25) is 0 Å². The average molecular weight is 327 g/mol. The molecule has 3 aromatic rings. The largest absolute Gasteiger partial charge is 0.483 e. The van der Waals surface area contributed by atoms with Crippen LogP contribution in [0.3, 0.4) is 0 Å². The molecule has 1 saturated heterocycles. The summed E-state index contributed by atoms with van der Waals surface area (Å²) in [7, 11) is 0. The van der Waals surface area contributed by atoms with E-state index in [4.69, 9.17) is 9.15 Å². The van der Waals surface area contributed by atoms with Crippen molar-refractivity contribution in [2.75, 3.05) is 13.1 Å². The quantitative estimate of drug-likeness (QED) is 0.779. The van der Waals surface area contributed by atoms with E-state index in [0.717, 1.165) is 24.1 Å². The van der Waals surface area contributed by atoms with E-state index in [-0.39, 0.29) is 6.10 Å². The fourth-order valence-corrected chi connectivity index (χ4v) is 3.20. The zero-order valence-electron chi connectivity index (χ0n) is 13.6. The molecule has 6 heteroatoms. The molecule has 0 unspecified atom stereocenters. The molecular weight excluding hydrogens is 306 g/mol. The molecule has 4 rings (SSSR count). The monoisotopic (exact) mass is 327 g/mol. The first-order valence-corrected chi connectivity index (χ1v) is 8.27. The van der Waals surface area contributed by atoms with E-state index in [2.05, 4.69) is 22.1 Å². The van der Waals surface area contributed by atoms with Crippen LogP contribution in [0.15, 0.2) is 47.3 Å². The summed E-state index contributed by atoms with van der Waals surface area (Å²) >= 11 is 0. The summed E-state index contributed by atoms with van der Waals surface area (Å²) in [6.07, 6.45) is 4.55. The highest BCUT2D eigenvalue weighted by Crippen LogP contribution is 2.22. The number of aliphatic hydroxyl groups is 1. The molecule has 1 aromatic carbocycles. The van der Waals surface area contributed by atoms with E-state index in [1.54, 1.807) is 12.5 Å². The second-order valence-corrected chi connectivity index (χ2v) is 6.24. The molecule has 6 nitrogen and oxygen atoms in total. The number of nitrogens with zero attached hydrogens (tertiary/aromatic N) is 3. The second kappa shape index (κ2) is 6.30. The number of β-amino-alcohol motifs (C(OH)–C–C–N with tert-alkyl or cyclic N) is 1. The van der Waals surface area contributed by atoms with Crippen LogP contribution in [0.5, 0.6) is 5.75 Å². The Labute approximate surface area is 140 Å². The third-order valence-corrected chi connectivity index (χ3v) is 4.46. The van der Waals surface area contributed by atoms with Crippen LogP contribution >= 0.6 is 0 Å². The summed E-state index contributed by atoms with van der Waals surface area (Å²) in [5.74, 6) is 0.711. The Morgan fingerprint density at radius 2 is 2.25 bits per heavy atom. The van der Waals surface area contributed by atoms with E-state index in [9.17, 15) is 5.11 Å². The van der Waals surface area contributed by atoms with Crippen LogP contribution in [0.25, 0.3) is 11.0 Å². The summed E-state index contributed by atoms with van der Waals surface area (Å²) in [4.78, 5) is 2.21. The lowest BCUT2D eigenvalue weighted by Crippen LogP contribution is -2.29.